The number of aromatic nitrogens is 1. The minimum atomic E-state index is -4.39. The second-order valence-electron chi connectivity index (χ2n) is 3.63. The summed E-state index contributed by atoms with van der Waals surface area (Å²) in [6, 6.07) is 2.79. The molecule has 1 aromatic heterocycles. The van der Waals surface area contributed by atoms with Gasteiger partial charge in [0.15, 0.2) is 0 Å². The Hall–Kier alpha value is -1.67. The van der Waals surface area contributed by atoms with Gasteiger partial charge in [0, 0.05) is 18.8 Å². The van der Waals surface area contributed by atoms with Crippen LogP contribution in [0.4, 0.5) is 13.2 Å². The molecule has 0 unspecified atom stereocenters. The van der Waals surface area contributed by atoms with Crippen LogP contribution in [0.1, 0.15) is 16.1 Å². The first kappa shape index (κ1) is 15.4. The molecule has 0 atom stereocenters. The molecule has 106 valence electrons. The zero-order valence-corrected chi connectivity index (χ0v) is 10.4. The Morgan fingerprint density at radius 1 is 1.47 bits per heavy atom. The molecular formula is C11H13F3N2O3. The van der Waals surface area contributed by atoms with Crippen molar-refractivity contribution in [1.29, 1.82) is 0 Å². The van der Waals surface area contributed by atoms with Gasteiger partial charge in [-0.05, 0) is 12.1 Å². The van der Waals surface area contributed by atoms with Crippen LogP contribution in [0.3, 0.4) is 0 Å². The van der Waals surface area contributed by atoms with Crippen molar-refractivity contribution < 1.29 is 27.5 Å². The smallest absolute Gasteiger partial charge is 0.366 e. The summed E-state index contributed by atoms with van der Waals surface area (Å²) in [6.45, 7) is -1.68. The minimum Gasteiger partial charge on any atom is -0.366 e. The quantitative estimate of drug-likeness (QED) is 0.771. The summed E-state index contributed by atoms with van der Waals surface area (Å²) in [5.74, 6) is -0.429. The number of carbonyl (C=O) groups is 1. The molecule has 0 saturated carbocycles. The van der Waals surface area contributed by atoms with Crippen LogP contribution < -0.4 is 0 Å². The highest BCUT2D eigenvalue weighted by molar-refractivity contribution is 5.93. The van der Waals surface area contributed by atoms with Crippen molar-refractivity contribution >= 4 is 5.91 Å². The lowest BCUT2D eigenvalue weighted by Gasteiger charge is -2.14. The van der Waals surface area contributed by atoms with Gasteiger partial charge in [0.05, 0.1) is 19.4 Å². The molecule has 1 aromatic rings. The fraction of sp³-hybridized carbons (Fsp3) is 0.455. The summed E-state index contributed by atoms with van der Waals surface area (Å²) < 4.78 is 40.1. The van der Waals surface area contributed by atoms with Crippen LogP contribution >= 0.6 is 0 Å². The van der Waals surface area contributed by atoms with Gasteiger partial charge in [-0.25, -0.2) is 5.06 Å². The van der Waals surface area contributed by atoms with E-state index in [1.165, 1.54) is 32.5 Å². The molecule has 1 heterocycles. The maximum absolute atomic E-state index is 11.9. The van der Waals surface area contributed by atoms with Crippen LogP contribution in [0.2, 0.25) is 0 Å². The van der Waals surface area contributed by atoms with E-state index in [-0.39, 0.29) is 17.9 Å². The first-order valence-corrected chi connectivity index (χ1v) is 5.25. The molecule has 0 bridgehead atoms. The Morgan fingerprint density at radius 3 is 2.74 bits per heavy atom. The first-order valence-electron chi connectivity index (χ1n) is 5.25. The summed E-state index contributed by atoms with van der Waals surface area (Å²) >= 11 is 0. The summed E-state index contributed by atoms with van der Waals surface area (Å²) in [7, 11) is 2.75. The topological polar surface area (TPSA) is 51.7 Å². The molecule has 0 radical (unpaired) electrons. The zero-order valence-electron chi connectivity index (χ0n) is 10.4. The van der Waals surface area contributed by atoms with E-state index in [4.69, 9.17) is 4.84 Å². The third-order valence-electron chi connectivity index (χ3n) is 2.14. The predicted octanol–water partition coefficient (Wildman–Crippen LogP) is 1.79. The SMILES string of the molecule is CON(C)C(=O)c1ccnc(COCC(F)(F)F)c1. The molecule has 0 fully saturated rings. The predicted molar refractivity (Wildman–Crippen MR) is 59.1 cm³/mol. The third-order valence-corrected chi connectivity index (χ3v) is 2.14. The maximum Gasteiger partial charge on any atom is 0.411 e. The van der Waals surface area contributed by atoms with Gasteiger partial charge < -0.3 is 4.74 Å². The van der Waals surface area contributed by atoms with Crippen LogP contribution in [0.15, 0.2) is 18.3 Å². The Balaban J connectivity index is 2.65. The van der Waals surface area contributed by atoms with E-state index >= 15 is 0 Å². The van der Waals surface area contributed by atoms with E-state index in [9.17, 15) is 18.0 Å². The van der Waals surface area contributed by atoms with E-state index in [1.54, 1.807) is 0 Å². The van der Waals surface area contributed by atoms with Gasteiger partial charge in [0.2, 0.25) is 0 Å². The standard InChI is InChI=1S/C11H13F3N2O3/c1-16(18-2)10(17)8-3-4-15-9(5-8)6-19-7-11(12,13)14/h3-5H,6-7H2,1-2H3. The number of rotatable bonds is 5. The highest BCUT2D eigenvalue weighted by Gasteiger charge is 2.27. The molecule has 8 heteroatoms. The van der Waals surface area contributed by atoms with Gasteiger partial charge >= 0.3 is 6.18 Å². The maximum atomic E-state index is 11.9. The lowest BCUT2D eigenvalue weighted by molar-refractivity contribution is -0.176. The Morgan fingerprint density at radius 2 is 2.16 bits per heavy atom. The summed E-state index contributed by atoms with van der Waals surface area (Å²) in [5.41, 5.74) is 0.490. The van der Waals surface area contributed by atoms with Crippen molar-refractivity contribution in [2.24, 2.45) is 0 Å². The molecule has 1 amide bonds. The molecular weight excluding hydrogens is 265 g/mol. The van der Waals surface area contributed by atoms with E-state index in [0.29, 0.717) is 0 Å². The van der Waals surface area contributed by atoms with Crippen LogP contribution in [0, 0.1) is 0 Å². The number of hydrogen-bond donors (Lipinski definition) is 0. The summed E-state index contributed by atoms with van der Waals surface area (Å²) in [5, 5.41) is 0.996. The number of alkyl halides is 3. The second-order valence-corrected chi connectivity index (χ2v) is 3.63. The Kier molecular flexibility index (Phi) is 5.25. The number of ether oxygens (including phenoxy) is 1. The number of pyridine rings is 1. The normalized spacial score (nSPS) is 11.4. The fourth-order valence-corrected chi connectivity index (χ4v) is 1.23. The van der Waals surface area contributed by atoms with Gasteiger partial charge in [-0.2, -0.15) is 13.2 Å². The van der Waals surface area contributed by atoms with Crippen molar-refractivity contribution in [1.82, 2.24) is 10.0 Å². The highest BCUT2D eigenvalue weighted by Crippen LogP contribution is 2.15. The number of amides is 1. The zero-order chi connectivity index (χ0) is 14.5. The van der Waals surface area contributed by atoms with E-state index in [0.717, 1.165) is 5.06 Å². The van der Waals surface area contributed by atoms with E-state index in [1.807, 2.05) is 0 Å². The average molecular weight is 278 g/mol. The largest absolute Gasteiger partial charge is 0.411 e. The van der Waals surface area contributed by atoms with Crippen molar-refractivity contribution in [3.63, 3.8) is 0 Å². The van der Waals surface area contributed by atoms with Crippen molar-refractivity contribution in [3.8, 4) is 0 Å². The Labute approximate surface area is 107 Å². The third kappa shape index (κ3) is 5.23. The molecule has 0 aromatic carbocycles. The van der Waals surface area contributed by atoms with Gasteiger partial charge in [-0.15, -0.1) is 0 Å². The van der Waals surface area contributed by atoms with Gasteiger partial charge in [0.25, 0.3) is 5.91 Å². The van der Waals surface area contributed by atoms with Crippen LogP contribution in [-0.2, 0) is 16.2 Å². The van der Waals surface area contributed by atoms with E-state index < -0.39 is 18.7 Å². The molecule has 5 nitrogen and oxygen atoms in total. The van der Waals surface area contributed by atoms with Crippen LogP contribution in [-0.4, -0.2) is 42.9 Å². The second kappa shape index (κ2) is 6.48. The number of halogens is 3. The molecule has 0 aliphatic heterocycles. The number of hydroxylamine groups is 2. The van der Waals surface area contributed by atoms with Crippen LogP contribution in [0.25, 0.3) is 0 Å². The Bertz CT molecular complexity index is 437. The number of nitrogens with zero attached hydrogens (tertiary/aromatic N) is 2. The number of carbonyl (C=O) groups excluding carboxylic acids is 1. The van der Waals surface area contributed by atoms with Crippen molar-refractivity contribution in [2.75, 3.05) is 20.8 Å². The minimum absolute atomic E-state index is 0.236. The lowest BCUT2D eigenvalue weighted by atomic mass is 10.2. The van der Waals surface area contributed by atoms with Crippen molar-refractivity contribution in [3.05, 3.63) is 29.6 Å². The summed E-state index contributed by atoms with van der Waals surface area (Å²) in [6.07, 6.45) is -3.06. The van der Waals surface area contributed by atoms with Gasteiger partial charge in [-0.3, -0.25) is 14.6 Å². The van der Waals surface area contributed by atoms with Crippen molar-refractivity contribution in [2.45, 2.75) is 12.8 Å². The monoisotopic (exact) mass is 278 g/mol. The number of hydrogen-bond acceptors (Lipinski definition) is 4. The van der Waals surface area contributed by atoms with Crippen LogP contribution in [0.5, 0.6) is 0 Å². The first-order chi connectivity index (χ1) is 8.83. The molecule has 1 rings (SSSR count). The highest BCUT2D eigenvalue weighted by atomic mass is 19.4. The fourth-order valence-electron chi connectivity index (χ4n) is 1.23. The molecule has 0 spiro atoms. The molecule has 0 aliphatic rings. The molecule has 19 heavy (non-hydrogen) atoms. The van der Waals surface area contributed by atoms with Gasteiger partial charge in [0.1, 0.15) is 6.61 Å². The average Bonchev–Trinajstić information content (AvgIpc) is 2.36. The summed E-state index contributed by atoms with van der Waals surface area (Å²) in [4.78, 5) is 20.3. The molecule has 0 aliphatic carbocycles. The van der Waals surface area contributed by atoms with E-state index in [2.05, 4.69) is 9.72 Å². The van der Waals surface area contributed by atoms with Gasteiger partial charge in [-0.1, -0.05) is 0 Å². The molecule has 0 saturated heterocycles. The molecule has 0 N–H and O–H groups in total. The lowest BCUT2D eigenvalue weighted by Crippen LogP contribution is -2.25.